The molecule has 2 N–H and O–H groups in total. The third-order valence-corrected chi connectivity index (χ3v) is 4.54. The van der Waals surface area contributed by atoms with Crippen molar-refractivity contribution < 1.29 is 23.6 Å². The van der Waals surface area contributed by atoms with Crippen LogP contribution in [0.4, 0.5) is 5.69 Å². The van der Waals surface area contributed by atoms with Gasteiger partial charge in [0.25, 0.3) is 5.91 Å². The molecule has 1 aromatic carbocycles. The maximum absolute atomic E-state index is 12.3. The number of hydrogen-bond acceptors (Lipinski definition) is 7. The molecule has 0 saturated heterocycles. The van der Waals surface area contributed by atoms with Gasteiger partial charge in [0.05, 0.1) is 37.5 Å². The minimum Gasteiger partial charge on any atom is -0.489 e. The van der Waals surface area contributed by atoms with Crippen molar-refractivity contribution in [3.8, 4) is 5.75 Å². The second-order valence-electron chi connectivity index (χ2n) is 6.47. The monoisotopic (exact) mass is 388 g/mol. The van der Waals surface area contributed by atoms with Gasteiger partial charge in [-0.3, -0.25) is 9.59 Å². The fraction of sp³-hybridized carbons (Fsp3) is 0.421. The number of carbonyl (C=O) groups is 2. The minimum atomic E-state index is -0.180. The first-order valence-electron chi connectivity index (χ1n) is 9.01. The van der Waals surface area contributed by atoms with Gasteiger partial charge in [0.15, 0.2) is 5.76 Å². The predicted molar refractivity (Wildman–Crippen MR) is 101 cm³/mol. The Bertz CT molecular complexity index is 809. The Morgan fingerprint density at radius 2 is 2.18 bits per heavy atom. The van der Waals surface area contributed by atoms with E-state index in [4.69, 9.17) is 14.0 Å². The van der Waals surface area contributed by atoms with E-state index >= 15 is 0 Å². The van der Waals surface area contributed by atoms with Crippen molar-refractivity contribution in [3.05, 3.63) is 41.8 Å². The zero-order chi connectivity index (χ0) is 19.9. The predicted octanol–water partition coefficient (Wildman–Crippen LogP) is 0.954. The lowest BCUT2D eigenvalue weighted by atomic mass is 10.1. The van der Waals surface area contributed by atoms with E-state index in [-0.39, 0.29) is 24.3 Å². The maximum Gasteiger partial charge on any atom is 0.251 e. The lowest BCUT2D eigenvalue weighted by Gasteiger charge is -2.35. The number of amides is 2. The molecule has 2 heterocycles. The molecule has 0 unspecified atom stereocenters. The topological polar surface area (TPSA) is 106 Å². The standard InChI is InChI=1S/C19H24N4O5/c1-23-14(10-18(24)21-11-15-5-6-22-28-15)12-27-17-4-3-13(9-16(17)23)19(25)20-7-8-26-2/h3-6,9,14H,7-8,10-12H2,1-2H3,(H,20,25)(H,21,24)/t14-/m0/s1. The molecular weight excluding hydrogens is 364 g/mol. The zero-order valence-corrected chi connectivity index (χ0v) is 15.9. The third-order valence-electron chi connectivity index (χ3n) is 4.54. The Balaban J connectivity index is 1.60. The van der Waals surface area contributed by atoms with Crippen molar-refractivity contribution in [1.82, 2.24) is 15.8 Å². The summed E-state index contributed by atoms with van der Waals surface area (Å²) in [5.41, 5.74) is 1.31. The molecule has 1 aliphatic heterocycles. The Labute approximate surface area is 163 Å². The molecule has 1 aliphatic rings. The van der Waals surface area contributed by atoms with Crippen LogP contribution in [0.25, 0.3) is 0 Å². The van der Waals surface area contributed by atoms with Crippen molar-refractivity contribution >= 4 is 17.5 Å². The number of benzene rings is 1. The number of ether oxygens (including phenoxy) is 2. The van der Waals surface area contributed by atoms with E-state index in [1.807, 2.05) is 11.9 Å². The van der Waals surface area contributed by atoms with Gasteiger partial charge < -0.3 is 29.5 Å². The SMILES string of the molecule is COCCNC(=O)c1ccc2c(c1)N(C)[C@@H](CC(=O)NCc1ccno1)CO2. The van der Waals surface area contributed by atoms with Crippen LogP contribution in [0.3, 0.4) is 0 Å². The Hall–Kier alpha value is -3.07. The molecule has 0 saturated carbocycles. The molecule has 1 atom stereocenters. The number of nitrogens with zero attached hydrogens (tertiary/aromatic N) is 2. The van der Waals surface area contributed by atoms with E-state index in [1.54, 1.807) is 31.4 Å². The molecule has 2 amide bonds. The van der Waals surface area contributed by atoms with E-state index < -0.39 is 0 Å². The molecule has 0 fully saturated rings. The van der Waals surface area contributed by atoms with E-state index in [0.29, 0.717) is 43.4 Å². The quantitative estimate of drug-likeness (QED) is 0.649. The average Bonchev–Trinajstić information content (AvgIpc) is 3.22. The summed E-state index contributed by atoms with van der Waals surface area (Å²) >= 11 is 0. The largest absolute Gasteiger partial charge is 0.489 e. The first kappa shape index (κ1) is 19.7. The third kappa shape index (κ3) is 4.80. The van der Waals surface area contributed by atoms with Crippen molar-refractivity contribution in [3.63, 3.8) is 0 Å². The summed E-state index contributed by atoms with van der Waals surface area (Å²) in [4.78, 5) is 26.5. The van der Waals surface area contributed by atoms with Gasteiger partial charge in [-0.15, -0.1) is 0 Å². The summed E-state index contributed by atoms with van der Waals surface area (Å²) in [7, 11) is 3.47. The number of rotatable bonds is 8. The van der Waals surface area contributed by atoms with Crippen molar-refractivity contribution in [2.45, 2.75) is 19.0 Å². The van der Waals surface area contributed by atoms with Gasteiger partial charge in [-0.2, -0.15) is 0 Å². The molecule has 28 heavy (non-hydrogen) atoms. The summed E-state index contributed by atoms with van der Waals surface area (Å²) in [6, 6.07) is 6.83. The van der Waals surface area contributed by atoms with Crippen LogP contribution in [0.1, 0.15) is 22.5 Å². The molecule has 0 spiro atoms. The van der Waals surface area contributed by atoms with Crippen LogP contribution in [0.5, 0.6) is 5.75 Å². The van der Waals surface area contributed by atoms with Gasteiger partial charge >= 0.3 is 0 Å². The van der Waals surface area contributed by atoms with E-state index in [0.717, 1.165) is 5.69 Å². The number of carbonyl (C=O) groups excluding carboxylic acids is 2. The highest BCUT2D eigenvalue weighted by molar-refractivity contribution is 5.95. The van der Waals surface area contributed by atoms with Gasteiger partial charge in [0.1, 0.15) is 12.4 Å². The van der Waals surface area contributed by atoms with Gasteiger partial charge in [-0.1, -0.05) is 5.16 Å². The normalized spacial score (nSPS) is 15.5. The minimum absolute atomic E-state index is 0.117. The van der Waals surface area contributed by atoms with Crippen LogP contribution in [0.15, 0.2) is 35.0 Å². The van der Waals surface area contributed by atoms with Crippen LogP contribution < -0.4 is 20.3 Å². The molecule has 9 heteroatoms. The first-order chi connectivity index (χ1) is 13.6. The number of methoxy groups -OCH3 is 1. The number of likely N-dealkylation sites (N-methyl/N-ethyl adjacent to an activating group) is 1. The Morgan fingerprint density at radius 1 is 1.32 bits per heavy atom. The van der Waals surface area contributed by atoms with Crippen LogP contribution in [-0.2, 0) is 16.1 Å². The highest BCUT2D eigenvalue weighted by Crippen LogP contribution is 2.34. The number of anilines is 1. The fourth-order valence-electron chi connectivity index (χ4n) is 2.92. The number of nitrogens with one attached hydrogen (secondary N) is 2. The lowest BCUT2D eigenvalue weighted by Crippen LogP contribution is -2.43. The number of hydrogen-bond donors (Lipinski definition) is 2. The van der Waals surface area contributed by atoms with Crippen molar-refractivity contribution in [1.29, 1.82) is 0 Å². The van der Waals surface area contributed by atoms with Crippen LogP contribution in [-0.4, -0.2) is 56.9 Å². The van der Waals surface area contributed by atoms with Crippen LogP contribution in [0, 0.1) is 0 Å². The summed E-state index contributed by atoms with van der Waals surface area (Å²) in [5.74, 6) is 0.985. The number of fused-ring (bicyclic) bond motifs is 1. The molecule has 0 radical (unpaired) electrons. The first-order valence-corrected chi connectivity index (χ1v) is 9.01. The van der Waals surface area contributed by atoms with Crippen LogP contribution in [0.2, 0.25) is 0 Å². The van der Waals surface area contributed by atoms with Crippen LogP contribution >= 0.6 is 0 Å². The molecule has 0 bridgehead atoms. The summed E-state index contributed by atoms with van der Waals surface area (Å²) in [5, 5.41) is 9.20. The molecular formula is C19H24N4O5. The molecule has 3 rings (SSSR count). The second-order valence-corrected chi connectivity index (χ2v) is 6.47. The van der Waals surface area contributed by atoms with E-state index in [2.05, 4.69) is 15.8 Å². The molecule has 0 aliphatic carbocycles. The van der Waals surface area contributed by atoms with E-state index in [9.17, 15) is 9.59 Å². The summed E-state index contributed by atoms with van der Waals surface area (Å²) in [6.45, 7) is 1.56. The highest BCUT2D eigenvalue weighted by Gasteiger charge is 2.27. The van der Waals surface area contributed by atoms with E-state index in [1.165, 1.54) is 6.20 Å². The fourth-order valence-corrected chi connectivity index (χ4v) is 2.92. The highest BCUT2D eigenvalue weighted by atomic mass is 16.5. The van der Waals surface area contributed by atoms with Gasteiger partial charge in [0.2, 0.25) is 5.91 Å². The summed E-state index contributed by atoms with van der Waals surface area (Å²) in [6.07, 6.45) is 1.79. The number of aromatic nitrogens is 1. The van der Waals surface area contributed by atoms with Gasteiger partial charge in [-0.25, -0.2) is 0 Å². The van der Waals surface area contributed by atoms with Crippen molar-refractivity contribution in [2.24, 2.45) is 0 Å². The zero-order valence-electron chi connectivity index (χ0n) is 15.9. The van der Waals surface area contributed by atoms with Gasteiger partial charge in [-0.05, 0) is 18.2 Å². The molecule has 1 aromatic heterocycles. The average molecular weight is 388 g/mol. The Kier molecular flexibility index (Phi) is 6.49. The Morgan fingerprint density at radius 3 is 2.93 bits per heavy atom. The smallest absolute Gasteiger partial charge is 0.251 e. The summed E-state index contributed by atoms with van der Waals surface area (Å²) < 4.78 is 15.7. The van der Waals surface area contributed by atoms with Gasteiger partial charge in [0, 0.05) is 32.3 Å². The second kappa shape index (κ2) is 9.23. The molecule has 9 nitrogen and oxygen atoms in total. The molecule has 150 valence electrons. The van der Waals surface area contributed by atoms with Crippen molar-refractivity contribution in [2.75, 3.05) is 38.8 Å². The maximum atomic E-state index is 12.3. The lowest BCUT2D eigenvalue weighted by molar-refractivity contribution is -0.121. The molecule has 2 aromatic rings.